The topological polar surface area (TPSA) is 52.7 Å². The summed E-state index contributed by atoms with van der Waals surface area (Å²) in [6.45, 7) is 2.59. The standard InChI is InChI=1S/C12H12Br2N4O/c1-3-18-12(9(14)7-16-18)11(19)5-4-10-8(13)6-15-17(10)2/h4-7H,3H2,1-2H3/b5-4+. The molecule has 0 saturated heterocycles. The van der Waals surface area contributed by atoms with Gasteiger partial charge in [-0.25, -0.2) is 0 Å². The molecule has 0 bridgehead atoms. The van der Waals surface area contributed by atoms with E-state index in [9.17, 15) is 4.79 Å². The highest BCUT2D eigenvalue weighted by Crippen LogP contribution is 2.19. The molecule has 0 aliphatic heterocycles. The average molecular weight is 388 g/mol. The highest BCUT2D eigenvalue weighted by atomic mass is 79.9. The monoisotopic (exact) mass is 386 g/mol. The first-order valence-electron chi connectivity index (χ1n) is 5.65. The number of halogens is 2. The van der Waals surface area contributed by atoms with E-state index < -0.39 is 0 Å². The van der Waals surface area contributed by atoms with Crippen LogP contribution in [-0.2, 0) is 13.6 Å². The van der Waals surface area contributed by atoms with Gasteiger partial charge in [-0.1, -0.05) is 0 Å². The lowest BCUT2D eigenvalue weighted by Crippen LogP contribution is -2.08. The van der Waals surface area contributed by atoms with Crippen LogP contribution in [0.2, 0.25) is 0 Å². The van der Waals surface area contributed by atoms with Crippen LogP contribution in [0.25, 0.3) is 6.08 Å². The van der Waals surface area contributed by atoms with Crippen LogP contribution in [0.4, 0.5) is 0 Å². The molecule has 0 atom stereocenters. The van der Waals surface area contributed by atoms with Crippen LogP contribution in [0.15, 0.2) is 27.4 Å². The molecule has 0 aliphatic carbocycles. The lowest BCUT2D eigenvalue weighted by molar-refractivity contribution is 0.103. The summed E-state index contributed by atoms with van der Waals surface area (Å²) in [6, 6.07) is 0. The fourth-order valence-corrected chi connectivity index (χ4v) is 2.66. The van der Waals surface area contributed by atoms with E-state index in [0.717, 1.165) is 10.2 Å². The Balaban J connectivity index is 2.29. The summed E-state index contributed by atoms with van der Waals surface area (Å²) in [5.74, 6) is -0.0978. The molecule has 5 nitrogen and oxygen atoms in total. The molecule has 0 radical (unpaired) electrons. The molecular formula is C12H12Br2N4O. The predicted molar refractivity (Wildman–Crippen MR) is 79.9 cm³/mol. The fraction of sp³-hybridized carbons (Fsp3) is 0.250. The van der Waals surface area contributed by atoms with Crippen LogP contribution < -0.4 is 0 Å². The van der Waals surface area contributed by atoms with Gasteiger partial charge in [-0.15, -0.1) is 0 Å². The van der Waals surface area contributed by atoms with Crippen molar-refractivity contribution in [2.75, 3.05) is 0 Å². The van der Waals surface area contributed by atoms with Crippen molar-refractivity contribution in [2.24, 2.45) is 7.05 Å². The van der Waals surface area contributed by atoms with Crippen molar-refractivity contribution < 1.29 is 4.79 Å². The Morgan fingerprint density at radius 2 is 2.00 bits per heavy atom. The molecule has 0 fully saturated rings. The second kappa shape index (κ2) is 5.83. The van der Waals surface area contributed by atoms with Crippen molar-refractivity contribution in [1.82, 2.24) is 19.6 Å². The van der Waals surface area contributed by atoms with E-state index in [2.05, 4.69) is 42.1 Å². The lowest BCUT2D eigenvalue weighted by Gasteiger charge is -2.01. The van der Waals surface area contributed by atoms with Gasteiger partial charge in [0, 0.05) is 13.6 Å². The third kappa shape index (κ3) is 2.87. The molecule has 0 spiro atoms. The van der Waals surface area contributed by atoms with E-state index >= 15 is 0 Å². The number of hydrogen-bond donors (Lipinski definition) is 0. The third-order valence-corrected chi connectivity index (χ3v) is 3.85. The minimum Gasteiger partial charge on any atom is -0.288 e. The van der Waals surface area contributed by atoms with Gasteiger partial charge in [0.1, 0.15) is 5.69 Å². The van der Waals surface area contributed by atoms with Crippen LogP contribution in [0.3, 0.4) is 0 Å². The summed E-state index contributed by atoms with van der Waals surface area (Å²) < 4.78 is 4.91. The van der Waals surface area contributed by atoms with E-state index in [1.165, 1.54) is 6.08 Å². The van der Waals surface area contributed by atoms with Crippen LogP contribution >= 0.6 is 31.9 Å². The van der Waals surface area contributed by atoms with Gasteiger partial charge in [0.05, 0.1) is 27.0 Å². The van der Waals surface area contributed by atoms with Crippen LogP contribution in [0.1, 0.15) is 23.1 Å². The summed E-state index contributed by atoms with van der Waals surface area (Å²) in [7, 11) is 1.82. The molecule has 0 unspecified atom stereocenters. The van der Waals surface area contributed by atoms with Crippen molar-refractivity contribution in [3.63, 3.8) is 0 Å². The van der Waals surface area contributed by atoms with E-state index in [-0.39, 0.29) is 5.78 Å². The number of allylic oxidation sites excluding steroid dienone is 1. The van der Waals surface area contributed by atoms with Crippen molar-refractivity contribution in [1.29, 1.82) is 0 Å². The molecule has 100 valence electrons. The number of hydrogen-bond acceptors (Lipinski definition) is 3. The number of nitrogens with zero attached hydrogens (tertiary/aromatic N) is 4. The molecule has 2 rings (SSSR count). The summed E-state index contributed by atoms with van der Waals surface area (Å²) in [5.41, 5.74) is 1.39. The van der Waals surface area contributed by atoms with Gasteiger partial charge < -0.3 is 0 Å². The van der Waals surface area contributed by atoms with Gasteiger partial charge in [0.2, 0.25) is 5.78 Å². The van der Waals surface area contributed by atoms with Crippen LogP contribution in [0.5, 0.6) is 0 Å². The second-order valence-corrected chi connectivity index (χ2v) is 5.56. The van der Waals surface area contributed by atoms with E-state index in [4.69, 9.17) is 0 Å². The van der Waals surface area contributed by atoms with Crippen LogP contribution in [0, 0.1) is 0 Å². The first-order chi connectivity index (χ1) is 9.04. The maximum Gasteiger partial charge on any atom is 0.205 e. The third-order valence-electron chi connectivity index (χ3n) is 2.66. The quantitative estimate of drug-likeness (QED) is 0.598. The van der Waals surface area contributed by atoms with E-state index in [0.29, 0.717) is 16.7 Å². The molecular weight excluding hydrogens is 376 g/mol. The number of carbonyl (C=O) groups excluding carboxylic acids is 1. The first kappa shape index (κ1) is 14.2. The van der Waals surface area contributed by atoms with Gasteiger partial charge in [-0.05, 0) is 50.9 Å². The number of carbonyl (C=O) groups is 1. The minimum absolute atomic E-state index is 0.0978. The predicted octanol–water partition coefficient (Wildman–Crippen LogP) is 3.06. The zero-order chi connectivity index (χ0) is 14.0. The number of rotatable bonds is 4. The lowest BCUT2D eigenvalue weighted by atomic mass is 10.2. The molecule has 0 aromatic carbocycles. The zero-order valence-corrected chi connectivity index (χ0v) is 13.6. The average Bonchev–Trinajstić information content (AvgIpc) is 2.91. The highest BCUT2D eigenvalue weighted by molar-refractivity contribution is 9.10. The number of aryl methyl sites for hydroxylation is 2. The smallest absolute Gasteiger partial charge is 0.205 e. The van der Waals surface area contributed by atoms with E-state index in [1.54, 1.807) is 27.8 Å². The molecule has 0 amide bonds. The fourth-order valence-electron chi connectivity index (χ4n) is 1.69. The number of aromatic nitrogens is 4. The SMILES string of the molecule is CCn1ncc(Br)c1C(=O)/C=C/c1c(Br)cnn1C. The molecule has 2 aromatic heterocycles. The first-order valence-corrected chi connectivity index (χ1v) is 7.24. The molecule has 2 heterocycles. The Hall–Kier alpha value is -1.21. The van der Waals surface area contributed by atoms with E-state index in [1.807, 2.05) is 14.0 Å². The minimum atomic E-state index is -0.0978. The molecule has 0 N–H and O–H groups in total. The van der Waals surface area contributed by atoms with Crippen molar-refractivity contribution in [2.45, 2.75) is 13.5 Å². The largest absolute Gasteiger partial charge is 0.288 e. The summed E-state index contributed by atoms with van der Waals surface area (Å²) >= 11 is 6.73. The number of ketones is 1. The van der Waals surface area contributed by atoms with Gasteiger partial charge in [0.15, 0.2) is 0 Å². The Morgan fingerprint density at radius 1 is 1.32 bits per heavy atom. The molecule has 7 heteroatoms. The van der Waals surface area contributed by atoms with Crippen molar-refractivity contribution in [3.05, 3.63) is 38.8 Å². The Kier molecular flexibility index (Phi) is 4.36. The molecule has 2 aromatic rings. The highest BCUT2D eigenvalue weighted by Gasteiger charge is 2.14. The Morgan fingerprint density at radius 3 is 2.58 bits per heavy atom. The van der Waals surface area contributed by atoms with Crippen molar-refractivity contribution in [3.8, 4) is 0 Å². The Labute approximate surface area is 127 Å². The van der Waals surface area contributed by atoms with Gasteiger partial charge in [0.25, 0.3) is 0 Å². The Bertz CT molecular complexity index is 623. The summed E-state index contributed by atoms with van der Waals surface area (Å²) in [6.07, 6.45) is 6.58. The molecule has 0 aliphatic rings. The second-order valence-electron chi connectivity index (χ2n) is 3.86. The van der Waals surface area contributed by atoms with Gasteiger partial charge >= 0.3 is 0 Å². The summed E-state index contributed by atoms with van der Waals surface area (Å²) in [4.78, 5) is 12.2. The van der Waals surface area contributed by atoms with Gasteiger partial charge in [-0.2, -0.15) is 10.2 Å². The zero-order valence-electron chi connectivity index (χ0n) is 10.5. The maximum absolute atomic E-state index is 12.2. The van der Waals surface area contributed by atoms with Crippen LogP contribution in [-0.4, -0.2) is 25.3 Å². The summed E-state index contributed by atoms with van der Waals surface area (Å²) in [5, 5.41) is 8.21. The normalized spacial score (nSPS) is 11.4. The van der Waals surface area contributed by atoms with Crippen molar-refractivity contribution >= 4 is 43.7 Å². The molecule has 0 saturated carbocycles. The molecule has 19 heavy (non-hydrogen) atoms. The van der Waals surface area contributed by atoms with Gasteiger partial charge in [-0.3, -0.25) is 14.2 Å². The maximum atomic E-state index is 12.2.